The first-order valence-electron chi connectivity index (χ1n) is 4.35. The second-order valence-corrected chi connectivity index (χ2v) is 3.20. The van der Waals surface area contributed by atoms with Gasteiger partial charge in [0.2, 0.25) is 0 Å². The lowest BCUT2D eigenvalue weighted by molar-refractivity contribution is 0.0682. The number of hydrogen-bond acceptors (Lipinski definition) is 3. The summed E-state index contributed by atoms with van der Waals surface area (Å²) in [5, 5.41) is 12.6. The van der Waals surface area contributed by atoms with Crippen molar-refractivity contribution in [2.75, 3.05) is 0 Å². The Bertz CT molecular complexity index is 565. The average molecular weight is 227 g/mol. The summed E-state index contributed by atoms with van der Waals surface area (Å²) in [7, 11) is 1.58. The summed E-state index contributed by atoms with van der Waals surface area (Å²) in [5.41, 5.74) is -0.566. The summed E-state index contributed by atoms with van der Waals surface area (Å²) >= 11 is 0. The third kappa shape index (κ3) is 1.50. The van der Waals surface area contributed by atoms with Crippen molar-refractivity contribution in [3.63, 3.8) is 0 Å². The maximum atomic E-state index is 12.6. The van der Waals surface area contributed by atoms with Gasteiger partial charge in [0.1, 0.15) is 11.2 Å². The van der Waals surface area contributed by atoms with E-state index in [9.17, 15) is 13.6 Å². The van der Waals surface area contributed by atoms with E-state index >= 15 is 0 Å². The smallest absolute Gasteiger partial charge is 0.337 e. The molecule has 2 heterocycles. The molecule has 2 aromatic heterocycles. The van der Waals surface area contributed by atoms with E-state index < -0.39 is 23.7 Å². The summed E-state index contributed by atoms with van der Waals surface area (Å²) in [6, 6.07) is 1.15. The van der Waals surface area contributed by atoms with E-state index in [-0.39, 0.29) is 5.52 Å². The zero-order chi connectivity index (χ0) is 11.9. The molecule has 5 nitrogen and oxygen atoms in total. The average Bonchev–Trinajstić information content (AvgIpc) is 2.58. The van der Waals surface area contributed by atoms with Crippen molar-refractivity contribution in [1.29, 1.82) is 0 Å². The van der Waals surface area contributed by atoms with Gasteiger partial charge in [0.05, 0.1) is 17.3 Å². The second-order valence-electron chi connectivity index (χ2n) is 3.20. The first-order valence-corrected chi connectivity index (χ1v) is 4.35. The highest BCUT2D eigenvalue weighted by Crippen LogP contribution is 2.24. The van der Waals surface area contributed by atoms with Crippen molar-refractivity contribution in [3.8, 4) is 0 Å². The molecule has 0 bridgehead atoms. The molecule has 0 fully saturated rings. The van der Waals surface area contributed by atoms with Gasteiger partial charge in [-0.25, -0.2) is 18.6 Å². The summed E-state index contributed by atoms with van der Waals surface area (Å²) < 4.78 is 26.5. The van der Waals surface area contributed by atoms with Gasteiger partial charge in [-0.3, -0.25) is 4.68 Å². The van der Waals surface area contributed by atoms with Gasteiger partial charge in [0.25, 0.3) is 6.43 Å². The summed E-state index contributed by atoms with van der Waals surface area (Å²) in [6.07, 6.45) is -1.61. The summed E-state index contributed by atoms with van der Waals surface area (Å²) in [5.74, 6) is -1.43. The SMILES string of the molecule is Cn1ncc2nc(C(F)F)c(C(=O)O)cc21. The van der Waals surface area contributed by atoms with Crippen molar-refractivity contribution < 1.29 is 18.7 Å². The molecule has 7 heteroatoms. The van der Waals surface area contributed by atoms with Crippen LogP contribution in [0.3, 0.4) is 0 Å². The number of carboxylic acid groups (broad SMARTS) is 1. The monoisotopic (exact) mass is 227 g/mol. The number of halogens is 2. The van der Waals surface area contributed by atoms with Crippen LogP contribution in [0.5, 0.6) is 0 Å². The molecule has 0 radical (unpaired) electrons. The number of alkyl halides is 2. The molecule has 84 valence electrons. The summed E-state index contributed by atoms with van der Waals surface area (Å²) in [4.78, 5) is 14.4. The fourth-order valence-corrected chi connectivity index (χ4v) is 1.43. The highest BCUT2D eigenvalue weighted by Gasteiger charge is 2.21. The standard InChI is InChI=1S/C9H7F2N3O2/c1-14-6-2-4(9(15)16)7(8(10)11)13-5(6)3-12-14/h2-3,8H,1H3,(H,15,16). The number of aromatic nitrogens is 3. The molecule has 0 unspecified atom stereocenters. The molecule has 0 amide bonds. The van der Waals surface area contributed by atoms with E-state index in [0.29, 0.717) is 5.52 Å². The largest absolute Gasteiger partial charge is 0.478 e. The van der Waals surface area contributed by atoms with E-state index in [2.05, 4.69) is 10.1 Å². The Labute approximate surface area is 88.3 Å². The van der Waals surface area contributed by atoms with Crippen molar-refractivity contribution >= 4 is 17.0 Å². The second kappa shape index (κ2) is 3.51. The van der Waals surface area contributed by atoms with Gasteiger partial charge < -0.3 is 5.11 Å². The first kappa shape index (κ1) is 10.5. The van der Waals surface area contributed by atoms with Gasteiger partial charge in [0.15, 0.2) is 0 Å². The Morgan fingerprint density at radius 1 is 1.56 bits per heavy atom. The molecule has 0 aliphatic carbocycles. The molecule has 2 rings (SSSR count). The fraction of sp³-hybridized carbons (Fsp3) is 0.222. The van der Waals surface area contributed by atoms with E-state index in [4.69, 9.17) is 5.11 Å². The lowest BCUT2D eigenvalue weighted by Gasteiger charge is -2.04. The van der Waals surface area contributed by atoms with Crippen LogP contribution in [0.2, 0.25) is 0 Å². The Morgan fingerprint density at radius 3 is 2.81 bits per heavy atom. The van der Waals surface area contributed by atoms with Crippen LogP contribution in [0.4, 0.5) is 8.78 Å². The van der Waals surface area contributed by atoms with Crippen LogP contribution in [-0.4, -0.2) is 25.8 Å². The van der Waals surface area contributed by atoms with Crippen LogP contribution in [-0.2, 0) is 7.05 Å². The van der Waals surface area contributed by atoms with Gasteiger partial charge >= 0.3 is 5.97 Å². The van der Waals surface area contributed by atoms with Gasteiger partial charge in [-0.1, -0.05) is 0 Å². The van der Waals surface area contributed by atoms with E-state index in [0.717, 1.165) is 6.07 Å². The number of pyridine rings is 1. The number of aromatic carboxylic acids is 1. The molecule has 16 heavy (non-hydrogen) atoms. The van der Waals surface area contributed by atoms with Crippen LogP contribution in [0.1, 0.15) is 22.5 Å². The van der Waals surface area contributed by atoms with E-state index in [1.54, 1.807) is 7.05 Å². The fourth-order valence-electron chi connectivity index (χ4n) is 1.43. The maximum absolute atomic E-state index is 12.6. The van der Waals surface area contributed by atoms with Crippen molar-refractivity contribution in [3.05, 3.63) is 23.5 Å². The zero-order valence-electron chi connectivity index (χ0n) is 8.19. The maximum Gasteiger partial charge on any atom is 0.337 e. The molecule has 0 aliphatic heterocycles. The predicted molar refractivity (Wildman–Crippen MR) is 50.4 cm³/mol. The number of carbonyl (C=O) groups is 1. The molecule has 0 aliphatic rings. The molecule has 2 aromatic rings. The zero-order valence-corrected chi connectivity index (χ0v) is 8.19. The highest BCUT2D eigenvalue weighted by atomic mass is 19.3. The molecule has 0 saturated carbocycles. The van der Waals surface area contributed by atoms with Gasteiger partial charge in [-0.2, -0.15) is 5.10 Å². The van der Waals surface area contributed by atoms with Crippen LogP contribution in [0, 0.1) is 0 Å². The molecule has 0 spiro atoms. The first-order chi connectivity index (χ1) is 7.50. The van der Waals surface area contributed by atoms with Crippen molar-refractivity contribution in [2.45, 2.75) is 6.43 Å². The Hall–Kier alpha value is -2.05. The number of rotatable bonds is 2. The molecule has 1 N–H and O–H groups in total. The van der Waals surface area contributed by atoms with Crippen LogP contribution in [0.15, 0.2) is 12.3 Å². The Morgan fingerprint density at radius 2 is 2.25 bits per heavy atom. The minimum Gasteiger partial charge on any atom is -0.478 e. The van der Waals surface area contributed by atoms with Crippen LogP contribution in [0.25, 0.3) is 11.0 Å². The van der Waals surface area contributed by atoms with Gasteiger partial charge in [-0.15, -0.1) is 0 Å². The minimum absolute atomic E-state index is 0.253. The van der Waals surface area contributed by atoms with Gasteiger partial charge in [-0.05, 0) is 6.07 Å². The van der Waals surface area contributed by atoms with E-state index in [1.807, 2.05) is 0 Å². The Kier molecular flexibility index (Phi) is 2.30. The molecular weight excluding hydrogens is 220 g/mol. The van der Waals surface area contributed by atoms with Crippen molar-refractivity contribution in [2.24, 2.45) is 7.05 Å². The topological polar surface area (TPSA) is 68.0 Å². The quantitative estimate of drug-likeness (QED) is 0.846. The third-order valence-corrected chi connectivity index (χ3v) is 2.20. The Balaban J connectivity index is 2.78. The lowest BCUT2D eigenvalue weighted by Crippen LogP contribution is -2.06. The number of hydrogen-bond donors (Lipinski definition) is 1. The minimum atomic E-state index is -2.92. The van der Waals surface area contributed by atoms with Crippen molar-refractivity contribution in [1.82, 2.24) is 14.8 Å². The summed E-state index contributed by atoms with van der Waals surface area (Å²) in [6.45, 7) is 0. The predicted octanol–water partition coefficient (Wildman–Crippen LogP) is 1.60. The highest BCUT2D eigenvalue weighted by molar-refractivity contribution is 5.93. The number of aryl methyl sites for hydroxylation is 1. The molecule has 0 aromatic carbocycles. The number of fused-ring (bicyclic) bond motifs is 1. The molecular formula is C9H7F2N3O2. The van der Waals surface area contributed by atoms with Gasteiger partial charge in [0, 0.05) is 7.05 Å². The van der Waals surface area contributed by atoms with Crippen LogP contribution >= 0.6 is 0 Å². The van der Waals surface area contributed by atoms with Crippen LogP contribution < -0.4 is 0 Å². The third-order valence-electron chi connectivity index (χ3n) is 2.20. The number of nitrogens with zero attached hydrogens (tertiary/aromatic N) is 3. The molecule has 0 saturated heterocycles. The normalized spacial score (nSPS) is 11.2. The van der Waals surface area contributed by atoms with E-state index in [1.165, 1.54) is 10.9 Å². The molecule has 0 atom stereocenters. The lowest BCUT2D eigenvalue weighted by atomic mass is 10.2. The number of carboxylic acids is 1.